The quantitative estimate of drug-likeness (QED) is 0.824. The van der Waals surface area contributed by atoms with Crippen LogP contribution in [-0.2, 0) is 9.59 Å². The molecule has 2 N–H and O–H groups in total. The summed E-state index contributed by atoms with van der Waals surface area (Å²) < 4.78 is 13.5. The van der Waals surface area contributed by atoms with Gasteiger partial charge in [0.1, 0.15) is 16.5 Å². The van der Waals surface area contributed by atoms with Crippen molar-refractivity contribution in [3.8, 4) is 0 Å². The van der Waals surface area contributed by atoms with Crippen LogP contribution in [0, 0.1) is 5.82 Å². The lowest BCUT2D eigenvalue weighted by Crippen LogP contribution is -2.22. The normalized spacial score (nSPS) is 15.6. The molecule has 0 saturated carbocycles. The molecule has 2 aromatic rings. The van der Waals surface area contributed by atoms with Crippen LogP contribution >= 0.6 is 11.6 Å². The Labute approximate surface area is 124 Å². The minimum absolute atomic E-state index is 0.123. The Hall–Kier alpha value is -2.46. The van der Waals surface area contributed by atoms with Gasteiger partial charge in [-0.15, -0.1) is 0 Å². The molecule has 0 unspecified atom stereocenters. The van der Waals surface area contributed by atoms with E-state index < -0.39 is 17.4 Å². The highest BCUT2D eigenvalue weighted by molar-refractivity contribution is 6.52. The van der Waals surface area contributed by atoms with Crippen LogP contribution < -0.4 is 5.73 Å². The predicted octanol–water partition coefficient (Wildman–Crippen LogP) is 2.92. The summed E-state index contributed by atoms with van der Waals surface area (Å²) in [5.74, 6) is -1.49. The number of carbonyl (C=O) groups excluding carboxylic acids is 2. The first-order chi connectivity index (χ1) is 9.99. The highest BCUT2D eigenvalue weighted by atomic mass is 35.5. The van der Waals surface area contributed by atoms with E-state index in [2.05, 4.69) is 0 Å². The molecule has 3 nitrogen and oxygen atoms in total. The summed E-state index contributed by atoms with van der Waals surface area (Å²) >= 11 is 5.69. The van der Waals surface area contributed by atoms with Gasteiger partial charge in [0.15, 0.2) is 5.78 Å². The maximum absolute atomic E-state index is 13.5. The highest BCUT2D eigenvalue weighted by Gasteiger charge is 2.27. The van der Waals surface area contributed by atoms with Crippen LogP contribution in [0.25, 0.3) is 16.3 Å². The van der Waals surface area contributed by atoms with E-state index in [1.807, 2.05) is 0 Å². The second kappa shape index (κ2) is 4.82. The Balaban J connectivity index is 2.27. The van der Waals surface area contributed by atoms with Crippen molar-refractivity contribution in [2.45, 2.75) is 0 Å². The summed E-state index contributed by atoms with van der Waals surface area (Å²) in [5, 5.41) is 1.01. The Bertz CT molecular complexity index is 868. The fraction of sp³-hybridized carbons (Fsp3) is 0. The lowest BCUT2D eigenvalue weighted by Gasteiger charge is -2.14. The number of rotatable bonds is 1. The van der Waals surface area contributed by atoms with Crippen molar-refractivity contribution < 1.29 is 14.0 Å². The summed E-state index contributed by atoms with van der Waals surface area (Å²) in [6.07, 6.45) is 1.14. The SMILES string of the molecule is NC1=C(Cl)C(=O)C=C(c2cccc3ccc(F)cc23)C1=O. The lowest BCUT2D eigenvalue weighted by atomic mass is 9.90. The van der Waals surface area contributed by atoms with Crippen molar-refractivity contribution in [2.75, 3.05) is 0 Å². The average Bonchev–Trinajstić information content (AvgIpc) is 2.48. The molecule has 0 atom stereocenters. The van der Waals surface area contributed by atoms with Crippen molar-refractivity contribution in [3.63, 3.8) is 0 Å². The van der Waals surface area contributed by atoms with E-state index in [0.717, 1.165) is 11.5 Å². The molecule has 0 heterocycles. The molecule has 3 rings (SSSR count). The maximum Gasteiger partial charge on any atom is 0.211 e. The molecule has 0 saturated heterocycles. The number of ketones is 2. The molecule has 0 spiro atoms. The maximum atomic E-state index is 13.5. The number of Topliss-reactive ketones (excluding diaryl/α,β-unsaturated/α-hetero) is 1. The Kier molecular flexibility index (Phi) is 3.11. The third-order valence-electron chi connectivity index (χ3n) is 3.35. The topological polar surface area (TPSA) is 60.2 Å². The van der Waals surface area contributed by atoms with E-state index in [-0.39, 0.29) is 16.3 Å². The summed E-state index contributed by atoms with van der Waals surface area (Å²) in [4.78, 5) is 24.0. The Morgan fingerprint density at radius 2 is 1.86 bits per heavy atom. The molecule has 0 aromatic heterocycles. The highest BCUT2D eigenvalue weighted by Crippen LogP contribution is 2.31. The fourth-order valence-corrected chi connectivity index (χ4v) is 2.46. The molecule has 5 heteroatoms. The minimum atomic E-state index is -0.531. The first-order valence-corrected chi connectivity index (χ1v) is 6.51. The van der Waals surface area contributed by atoms with E-state index in [1.165, 1.54) is 12.1 Å². The van der Waals surface area contributed by atoms with Crippen LogP contribution in [0.4, 0.5) is 4.39 Å². The van der Waals surface area contributed by atoms with Crippen LogP contribution in [0.5, 0.6) is 0 Å². The third-order valence-corrected chi connectivity index (χ3v) is 3.74. The van der Waals surface area contributed by atoms with Gasteiger partial charge in [0.25, 0.3) is 0 Å². The zero-order valence-corrected chi connectivity index (χ0v) is 11.4. The largest absolute Gasteiger partial charge is 0.394 e. The number of hydrogen-bond donors (Lipinski definition) is 1. The van der Waals surface area contributed by atoms with E-state index in [0.29, 0.717) is 10.9 Å². The van der Waals surface area contributed by atoms with Crippen molar-refractivity contribution in [1.82, 2.24) is 0 Å². The van der Waals surface area contributed by atoms with Gasteiger partial charge in [-0.25, -0.2) is 4.39 Å². The van der Waals surface area contributed by atoms with Crippen LogP contribution in [0.3, 0.4) is 0 Å². The second-order valence-corrected chi connectivity index (χ2v) is 5.03. The molecule has 21 heavy (non-hydrogen) atoms. The van der Waals surface area contributed by atoms with Crippen molar-refractivity contribution in [1.29, 1.82) is 0 Å². The summed E-state index contributed by atoms with van der Waals surface area (Å²) in [6.45, 7) is 0. The molecule has 0 fully saturated rings. The molecule has 104 valence electrons. The van der Waals surface area contributed by atoms with Gasteiger partial charge in [0.05, 0.1) is 0 Å². The molecular weight excluding hydrogens is 293 g/mol. The zero-order valence-electron chi connectivity index (χ0n) is 10.7. The van der Waals surface area contributed by atoms with Gasteiger partial charge in [-0.05, 0) is 34.5 Å². The van der Waals surface area contributed by atoms with Crippen LogP contribution in [0.15, 0.2) is 53.2 Å². The lowest BCUT2D eigenvalue weighted by molar-refractivity contribution is -0.114. The van der Waals surface area contributed by atoms with Gasteiger partial charge in [-0.1, -0.05) is 35.9 Å². The van der Waals surface area contributed by atoms with Crippen LogP contribution in [0.1, 0.15) is 5.56 Å². The number of allylic oxidation sites excluding steroid dienone is 3. The molecule has 1 aliphatic carbocycles. The minimum Gasteiger partial charge on any atom is -0.394 e. The Morgan fingerprint density at radius 1 is 1.10 bits per heavy atom. The number of benzene rings is 2. The molecule has 0 aliphatic heterocycles. The van der Waals surface area contributed by atoms with Crippen LogP contribution in [0.2, 0.25) is 0 Å². The monoisotopic (exact) mass is 301 g/mol. The molecule has 0 radical (unpaired) electrons. The van der Waals surface area contributed by atoms with Crippen molar-refractivity contribution in [2.24, 2.45) is 5.73 Å². The molecule has 0 amide bonds. The van der Waals surface area contributed by atoms with Gasteiger partial charge in [-0.3, -0.25) is 9.59 Å². The molecule has 1 aliphatic rings. The van der Waals surface area contributed by atoms with Gasteiger partial charge < -0.3 is 5.73 Å². The number of carbonyl (C=O) groups is 2. The first-order valence-electron chi connectivity index (χ1n) is 6.13. The average molecular weight is 302 g/mol. The second-order valence-electron chi connectivity index (χ2n) is 4.65. The third kappa shape index (κ3) is 2.14. The predicted molar refractivity (Wildman–Crippen MR) is 79.0 cm³/mol. The van der Waals surface area contributed by atoms with Gasteiger partial charge in [-0.2, -0.15) is 0 Å². The van der Waals surface area contributed by atoms with Crippen LogP contribution in [-0.4, -0.2) is 11.6 Å². The van der Waals surface area contributed by atoms with E-state index in [1.54, 1.807) is 24.3 Å². The van der Waals surface area contributed by atoms with Crippen molar-refractivity contribution >= 4 is 39.5 Å². The zero-order chi connectivity index (χ0) is 15.1. The molecule has 2 aromatic carbocycles. The fourth-order valence-electron chi connectivity index (χ4n) is 2.32. The smallest absolute Gasteiger partial charge is 0.211 e. The number of halogens is 2. The summed E-state index contributed by atoms with van der Waals surface area (Å²) in [7, 11) is 0. The summed E-state index contributed by atoms with van der Waals surface area (Å²) in [5.41, 5.74) is 5.87. The number of nitrogens with two attached hydrogens (primary N) is 1. The summed E-state index contributed by atoms with van der Waals surface area (Å²) in [6, 6.07) is 9.42. The number of hydrogen-bond acceptors (Lipinski definition) is 3. The van der Waals surface area contributed by atoms with E-state index >= 15 is 0 Å². The van der Waals surface area contributed by atoms with E-state index in [4.69, 9.17) is 17.3 Å². The molecular formula is C16H9ClFNO2. The Morgan fingerprint density at radius 3 is 2.62 bits per heavy atom. The first kappa shape index (κ1) is 13.5. The molecule has 0 bridgehead atoms. The number of fused-ring (bicyclic) bond motifs is 1. The van der Waals surface area contributed by atoms with Gasteiger partial charge in [0, 0.05) is 5.57 Å². The standard InChI is InChI=1S/C16H9ClFNO2/c17-14-13(20)7-12(16(21)15(14)19)10-3-1-2-8-4-5-9(18)6-11(8)10/h1-7H,19H2. The van der Waals surface area contributed by atoms with Gasteiger partial charge in [0.2, 0.25) is 5.78 Å². The van der Waals surface area contributed by atoms with E-state index in [9.17, 15) is 14.0 Å². The van der Waals surface area contributed by atoms with Gasteiger partial charge >= 0.3 is 0 Å². The van der Waals surface area contributed by atoms with Crippen molar-refractivity contribution in [3.05, 3.63) is 64.6 Å².